The largest absolute Gasteiger partial charge is 0.335 e. The van der Waals surface area contributed by atoms with E-state index in [1.165, 1.54) is 209 Å². The second kappa shape index (κ2) is 28.5. The van der Waals surface area contributed by atoms with Crippen LogP contribution in [-0.4, -0.2) is 22.8 Å². The smallest absolute Gasteiger partial charge is 0.0555 e. The van der Waals surface area contributed by atoms with E-state index < -0.39 is 0 Å². The Morgan fingerprint density at radius 3 is 0.958 bits per heavy atom. The van der Waals surface area contributed by atoms with Crippen LogP contribution in [0.15, 0.2) is 346 Å². The molecule has 0 spiro atoms. The minimum absolute atomic E-state index is 0.00711. The summed E-state index contributed by atoms with van der Waals surface area (Å²) in [6.07, 6.45) is 0. The van der Waals surface area contributed by atoms with Gasteiger partial charge < -0.3 is 22.8 Å². The summed E-state index contributed by atoms with van der Waals surface area (Å²) in [4.78, 5) is 0. The molecule has 0 saturated carbocycles. The lowest BCUT2D eigenvalue weighted by Gasteiger charge is -2.24. The topological polar surface area (TPSA) is 24.6 Å². The van der Waals surface area contributed by atoms with Crippen molar-refractivity contribution in [1.29, 1.82) is 0 Å². The van der Waals surface area contributed by atoms with E-state index in [0.717, 1.165) is 0 Å². The van der Waals surface area contributed by atoms with Crippen molar-refractivity contribution < 1.29 is 0 Å². The molecule has 5 nitrogen and oxygen atoms in total. The second-order valence-electron chi connectivity index (χ2n) is 36.3. The highest BCUT2D eigenvalue weighted by molar-refractivity contribution is 7.27. The third kappa shape index (κ3) is 12.2. The lowest BCUT2D eigenvalue weighted by molar-refractivity contribution is 0.423. The number of hydrogen-bond donors (Lipinski definition) is 0. The van der Waals surface area contributed by atoms with Crippen LogP contribution in [0, 0.1) is 0 Å². The van der Waals surface area contributed by atoms with Crippen LogP contribution in [0.4, 0.5) is 0 Å². The molecule has 8 heterocycles. The molecule has 0 bridgehead atoms. The Bertz CT molecular complexity index is 8150. The molecule has 0 aliphatic heterocycles. The van der Waals surface area contributed by atoms with Gasteiger partial charge in [-0.05, 0) is 181 Å². The van der Waals surface area contributed by atoms with Crippen LogP contribution >= 0.6 is 34.0 Å². The molecule has 0 unspecified atom stereocenters. The average molecular weight is 1610 g/mol. The van der Waals surface area contributed by atoms with Crippen molar-refractivity contribution in [2.75, 3.05) is 0 Å². The maximum absolute atomic E-state index is 2.49. The molecule has 0 fully saturated rings. The molecule has 16 aromatic carbocycles. The van der Waals surface area contributed by atoms with Crippen molar-refractivity contribution in [3.8, 4) is 22.7 Å². The molecule has 0 aliphatic carbocycles. The van der Waals surface area contributed by atoms with E-state index in [2.05, 4.69) is 452 Å². The SMILES string of the molecule is CC(C)(C)c1ccc(-n2c3ccccc3c3c4sc5ccccc5c4ccc32)cc1.CC(C)(C)c1ccc2sc3c(ccc4c3c3ccccc3n4-c3ccccc3)c2c1.CC(C)(C)c1cccc2c1sc1c2ccc2c1c1ccccc1n2-c1ccccc1.CC(C)(C)n1c2ccccc2c2c3c4ccccc4n(-c4ccccc4)c3ccc21. The zero-order valence-corrected chi connectivity index (χ0v) is 72.3. The van der Waals surface area contributed by atoms with Crippen LogP contribution in [0.5, 0.6) is 0 Å². The monoisotopic (exact) mass is 1600 g/mol. The van der Waals surface area contributed by atoms with E-state index in [1.807, 2.05) is 34.0 Å². The van der Waals surface area contributed by atoms with Gasteiger partial charge in [0.2, 0.25) is 0 Å². The van der Waals surface area contributed by atoms with Crippen LogP contribution in [0.1, 0.15) is 99.8 Å². The van der Waals surface area contributed by atoms with Crippen LogP contribution in [0.25, 0.3) is 192 Å². The molecule has 0 saturated heterocycles. The van der Waals surface area contributed by atoms with Gasteiger partial charge in [-0.1, -0.05) is 281 Å². The molecule has 0 N–H and O–H groups in total. The standard InChI is InChI=1S/C28H24N2.3C28H23NS/c1-28(2,3)30-23-16-10-8-14-21(23)27-25(30)18-17-24-26(27)20-13-7-9-15-22(20)29(24)19-11-5-4-6-12-19;1-28(2,3)18-12-14-19(15-13-18)29-23-10-6-4-9-22(23)26-24(29)17-16-21-20-8-5-7-11-25(20)30-27(21)26;1-28(2,3)22-14-9-13-19-20-16-17-24-25(27(20)30-26(19)22)21-12-7-8-15-23(21)29(24)18-10-5-4-6-11-18;1-28(2,3)18-13-16-25-22(17-18)20-14-15-24-26(27(20)30-25)21-11-7-8-12-23(21)29(24)19-9-5-4-6-10-19/h4-18H,1-3H3;3*4-17H,1-3H3. The number of benzene rings is 16. The Hall–Kier alpha value is -12.8. The summed E-state index contributed by atoms with van der Waals surface area (Å²) < 4.78 is 20.4. The fraction of sp³-hybridized carbons (Fsp3) is 0.143. The molecule has 0 aliphatic rings. The quantitative estimate of drug-likeness (QED) is 0.168. The van der Waals surface area contributed by atoms with E-state index >= 15 is 0 Å². The van der Waals surface area contributed by atoms with Gasteiger partial charge in [-0.15, -0.1) is 34.0 Å². The Kier molecular flexibility index (Phi) is 17.7. The number of fused-ring (bicyclic) bond motifs is 28. The molecule has 0 amide bonds. The minimum Gasteiger partial charge on any atom is -0.335 e. The highest BCUT2D eigenvalue weighted by Gasteiger charge is 2.28. The molecule has 0 radical (unpaired) electrons. The van der Waals surface area contributed by atoms with Crippen LogP contribution in [0.3, 0.4) is 0 Å². The number of nitrogens with zero attached hydrogens (tertiary/aromatic N) is 5. The van der Waals surface area contributed by atoms with Crippen molar-refractivity contribution in [3.05, 3.63) is 362 Å². The number of hydrogen-bond acceptors (Lipinski definition) is 3. The first kappa shape index (κ1) is 74.7. The Balaban J connectivity index is 0.0000000990. The van der Waals surface area contributed by atoms with Gasteiger partial charge in [0.25, 0.3) is 0 Å². The normalized spacial score (nSPS) is 12.5. The molecule has 8 heteroatoms. The van der Waals surface area contributed by atoms with Gasteiger partial charge >= 0.3 is 0 Å². The Morgan fingerprint density at radius 1 is 0.192 bits per heavy atom. The first-order valence-corrected chi connectivity index (χ1v) is 44.4. The molecule has 0 atom stereocenters. The van der Waals surface area contributed by atoms with Gasteiger partial charge in [-0.25, -0.2) is 0 Å². The zero-order chi connectivity index (χ0) is 81.8. The number of para-hydroxylation sites is 8. The highest BCUT2D eigenvalue weighted by atomic mass is 32.1. The van der Waals surface area contributed by atoms with E-state index in [9.17, 15) is 0 Å². The van der Waals surface area contributed by atoms with Crippen molar-refractivity contribution in [2.45, 2.75) is 105 Å². The van der Waals surface area contributed by atoms with E-state index in [4.69, 9.17) is 0 Å². The van der Waals surface area contributed by atoms with Gasteiger partial charge in [0.15, 0.2) is 0 Å². The zero-order valence-electron chi connectivity index (χ0n) is 69.9. The third-order valence-corrected chi connectivity index (χ3v) is 28.3. The maximum Gasteiger partial charge on any atom is 0.0555 e. The summed E-state index contributed by atoms with van der Waals surface area (Å²) in [7, 11) is 0. The fourth-order valence-electron chi connectivity index (χ4n) is 19.1. The first-order chi connectivity index (χ1) is 58.1. The van der Waals surface area contributed by atoms with Crippen LogP contribution < -0.4 is 0 Å². The van der Waals surface area contributed by atoms with Crippen molar-refractivity contribution in [3.63, 3.8) is 0 Å². The summed E-state index contributed by atoms with van der Waals surface area (Å²) in [6.45, 7) is 27.4. The van der Waals surface area contributed by atoms with Crippen LogP contribution in [0.2, 0.25) is 0 Å². The highest BCUT2D eigenvalue weighted by Crippen LogP contribution is 2.50. The van der Waals surface area contributed by atoms with E-state index in [1.54, 1.807) is 0 Å². The molecular weight excluding hydrogens is 1510 g/mol. The summed E-state index contributed by atoms with van der Waals surface area (Å²) in [5.41, 5.74) is 22.2. The van der Waals surface area contributed by atoms with E-state index in [-0.39, 0.29) is 21.8 Å². The molecular formula is C112H93N5S3. The molecule has 584 valence electrons. The maximum atomic E-state index is 2.49. The lowest BCUT2D eigenvalue weighted by Crippen LogP contribution is -2.21. The van der Waals surface area contributed by atoms with Crippen molar-refractivity contribution >= 4 is 204 Å². The molecule has 120 heavy (non-hydrogen) atoms. The first-order valence-electron chi connectivity index (χ1n) is 42.0. The molecule has 24 rings (SSSR count). The Labute approximate surface area is 711 Å². The summed E-state index contributed by atoms with van der Waals surface area (Å²) >= 11 is 5.78. The second-order valence-corrected chi connectivity index (χ2v) is 39.4. The number of thiophene rings is 3. The fourth-order valence-corrected chi connectivity index (χ4v) is 23.2. The molecule has 24 aromatic rings. The minimum atomic E-state index is -0.00711. The van der Waals surface area contributed by atoms with Crippen LogP contribution in [-0.2, 0) is 21.8 Å². The lowest BCUT2D eigenvalue weighted by atomic mass is 9.86. The van der Waals surface area contributed by atoms with Crippen molar-refractivity contribution in [1.82, 2.24) is 22.8 Å². The average Bonchev–Trinajstić information content (AvgIpc) is 1.50. The van der Waals surface area contributed by atoms with Gasteiger partial charge in [-0.2, -0.15) is 0 Å². The third-order valence-electron chi connectivity index (χ3n) is 24.6. The van der Waals surface area contributed by atoms with Crippen molar-refractivity contribution in [2.24, 2.45) is 0 Å². The predicted octanol–water partition coefficient (Wildman–Crippen LogP) is 33.0. The van der Waals surface area contributed by atoms with E-state index in [0.29, 0.717) is 0 Å². The summed E-state index contributed by atoms with van der Waals surface area (Å²) in [6, 6.07) is 126. The number of rotatable bonds is 4. The summed E-state index contributed by atoms with van der Waals surface area (Å²) in [5, 5.41) is 21.6. The Morgan fingerprint density at radius 2 is 0.508 bits per heavy atom. The number of aromatic nitrogens is 5. The van der Waals surface area contributed by atoms with Gasteiger partial charge in [0.05, 0.1) is 49.7 Å². The van der Waals surface area contributed by atoms with Gasteiger partial charge in [0, 0.05) is 148 Å². The van der Waals surface area contributed by atoms with Gasteiger partial charge in [-0.3, -0.25) is 0 Å². The molecule has 8 aromatic heterocycles. The summed E-state index contributed by atoms with van der Waals surface area (Å²) in [5.74, 6) is 0. The predicted molar refractivity (Wildman–Crippen MR) is 526 cm³/mol. The van der Waals surface area contributed by atoms with Gasteiger partial charge in [0.1, 0.15) is 0 Å².